The Hall–Kier alpha value is -3.46. The van der Waals surface area contributed by atoms with Gasteiger partial charge in [0.25, 0.3) is 0 Å². The first-order valence-corrected chi connectivity index (χ1v) is 12.3. The van der Waals surface area contributed by atoms with Crippen LogP contribution in [0.3, 0.4) is 0 Å². The van der Waals surface area contributed by atoms with Gasteiger partial charge in [0.2, 0.25) is 6.29 Å². The zero-order chi connectivity index (χ0) is 28.0. The van der Waals surface area contributed by atoms with Crippen LogP contribution in [0.4, 0.5) is 20.6 Å². The molecule has 0 N–H and O–H groups in total. The van der Waals surface area contributed by atoms with Crippen molar-refractivity contribution in [2.75, 3.05) is 18.6 Å². The van der Waals surface area contributed by atoms with E-state index in [1.807, 2.05) is 0 Å². The molecule has 0 spiro atoms. The average Bonchev–Trinajstić information content (AvgIpc) is 2.84. The number of methoxy groups -OCH3 is 1. The van der Waals surface area contributed by atoms with Crippen LogP contribution >= 0.6 is 23.2 Å². The van der Waals surface area contributed by atoms with Crippen LogP contribution in [0.5, 0.6) is 0 Å². The second kappa shape index (κ2) is 12.9. The predicted molar refractivity (Wildman–Crippen MR) is 143 cm³/mol. The molecule has 3 aromatic rings. The summed E-state index contributed by atoms with van der Waals surface area (Å²) in [5, 5.41) is 0.585. The Morgan fingerprint density at radius 3 is 2.26 bits per heavy atom. The Balaban J connectivity index is 1.95. The molecule has 0 fully saturated rings. The molecule has 200 valence electrons. The zero-order valence-corrected chi connectivity index (χ0v) is 22.7. The van der Waals surface area contributed by atoms with E-state index in [1.54, 1.807) is 32.0 Å². The van der Waals surface area contributed by atoms with Crippen LogP contribution in [0.15, 0.2) is 54.6 Å². The molecule has 0 saturated carbocycles. The monoisotopic (exact) mass is 561 g/mol. The fourth-order valence-electron chi connectivity index (χ4n) is 3.71. The van der Waals surface area contributed by atoms with E-state index in [4.69, 9.17) is 37.4 Å². The largest absolute Gasteiger partial charge is 0.425 e. The molecule has 0 aliphatic rings. The quantitative estimate of drug-likeness (QED) is 0.156. The van der Waals surface area contributed by atoms with Crippen molar-refractivity contribution in [3.63, 3.8) is 0 Å². The van der Waals surface area contributed by atoms with Crippen molar-refractivity contribution in [1.82, 2.24) is 0 Å². The Morgan fingerprint density at radius 1 is 0.921 bits per heavy atom. The Morgan fingerprint density at radius 2 is 1.63 bits per heavy atom. The normalized spacial score (nSPS) is 11.6. The number of aryl methyl sites for hydroxylation is 2. The van der Waals surface area contributed by atoms with E-state index < -0.39 is 24.2 Å². The summed E-state index contributed by atoms with van der Waals surface area (Å²) in [5.41, 5.74) is 2.31. The Bertz CT molecular complexity index is 1360. The molecule has 0 aliphatic carbocycles. The first-order valence-electron chi connectivity index (χ1n) is 11.6. The molecule has 3 aromatic carbocycles. The van der Waals surface area contributed by atoms with E-state index in [9.17, 15) is 18.8 Å². The molecule has 0 heterocycles. The second-order valence-electron chi connectivity index (χ2n) is 8.40. The van der Waals surface area contributed by atoms with Crippen LogP contribution in [0, 0.1) is 19.7 Å². The summed E-state index contributed by atoms with van der Waals surface area (Å²) in [7, 11) is 1.44. The lowest BCUT2D eigenvalue weighted by Crippen LogP contribution is -2.32. The number of ketones is 1. The number of hydrogen-bond donors (Lipinski definition) is 0. The minimum atomic E-state index is -1.22. The molecule has 0 radical (unpaired) electrons. The van der Waals surface area contributed by atoms with Crippen LogP contribution in [0.25, 0.3) is 0 Å². The second-order valence-corrected chi connectivity index (χ2v) is 9.25. The first kappa shape index (κ1) is 29.1. The number of anilines is 2. The number of halogens is 3. The van der Waals surface area contributed by atoms with Gasteiger partial charge in [-0.3, -0.25) is 9.59 Å². The number of carbonyl (C=O) groups is 3. The summed E-state index contributed by atoms with van der Waals surface area (Å²) in [6, 6.07) is 13.2. The van der Waals surface area contributed by atoms with Crippen LogP contribution in [0.2, 0.25) is 10.0 Å². The highest BCUT2D eigenvalue weighted by molar-refractivity contribution is 6.35. The van der Waals surface area contributed by atoms with Gasteiger partial charge < -0.3 is 14.2 Å². The summed E-state index contributed by atoms with van der Waals surface area (Å²) in [4.78, 5) is 39.5. The molecule has 0 bridgehead atoms. The van der Waals surface area contributed by atoms with Crippen LogP contribution in [-0.4, -0.2) is 37.9 Å². The number of esters is 1. The molecule has 7 nitrogen and oxygen atoms in total. The molecule has 0 aromatic heterocycles. The first-order chi connectivity index (χ1) is 18.0. The van der Waals surface area contributed by atoms with Crippen molar-refractivity contribution in [3.8, 4) is 0 Å². The third-order valence-corrected chi connectivity index (χ3v) is 6.09. The van der Waals surface area contributed by atoms with E-state index in [2.05, 4.69) is 0 Å². The number of benzene rings is 3. The molecular formula is C28H26Cl2FNO6. The summed E-state index contributed by atoms with van der Waals surface area (Å²) in [6.45, 7) is 4.93. The van der Waals surface area contributed by atoms with Gasteiger partial charge in [0.1, 0.15) is 5.82 Å². The highest BCUT2D eigenvalue weighted by Crippen LogP contribution is 2.34. The van der Waals surface area contributed by atoms with Crippen molar-refractivity contribution in [2.24, 2.45) is 0 Å². The lowest BCUT2D eigenvalue weighted by molar-refractivity contribution is -0.165. The van der Waals surface area contributed by atoms with Gasteiger partial charge in [-0.25, -0.2) is 14.1 Å². The van der Waals surface area contributed by atoms with Gasteiger partial charge in [0.15, 0.2) is 5.78 Å². The van der Waals surface area contributed by atoms with Gasteiger partial charge in [-0.2, -0.15) is 0 Å². The zero-order valence-electron chi connectivity index (χ0n) is 21.2. The number of carbonyl (C=O) groups excluding carboxylic acids is 3. The summed E-state index contributed by atoms with van der Waals surface area (Å²) >= 11 is 12.5. The van der Waals surface area contributed by atoms with Crippen molar-refractivity contribution in [1.29, 1.82) is 0 Å². The number of hydrogen-bond acceptors (Lipinski definition) is 6. The number of ether oxygens (including phenoxy) is 3. The lowest BCUT2D eigenvalue weighted by atomic mass is 9.98. The van der Waals surface area contributed by atoms with Crippen molar-refractivity contribution >= 4 is 52.4 Å². The van der Waals surface area contributed by atoms with Crippen LogP contribution in [0.1, 0.15) is 40.4 Å². The van der Waals surface area contributed by atoms with E-state index in [0.717, 1.165) is 4.90 Å². The van der Waals surface area contributed by atoms with Gasteiger partial charge in [-0.1, -0.05) is 23.2 Å². The lowest BCUT2D eigenvalue weighted by Gasteiger charge is -2.26. The molecular weight excluding hydrogens is 536 g/mol. The minimum absolute atomic E-state index is 0.0165. The van der Waals surface area contributed by atoms with Gasteiger partial charge in [-0.15, -0.1) is 0 Å². The van der Waals surface area contributed by atoms with E-state index >= 15 is 0 Å². The Kier molecular flexibility index (Phi) is 9.85. The molecule has 1 unspecified atom stereocenters. The third kappa shape index (κ3) is 7.10. The smallest absolute Gasteiger partial charge is 0.422 e. The molecule has 0 saturated heterocycles. The van der Waals surface area contributed by atoms with E-state index in [0.29, 0.717) is 27.4 Å². The van der Waals surface area contributed by atoms with Crippen molar-refractivity contribution in [3.05, 3.63) is 92.7 Å². The topological polar surface area (TPSA) is 82.1 Å². The summed E-state index contributed by atoms with van der Waals surface area (Å²) in [5.74, 6) is -1.42. The number of amides is 1. The molecule has 0 aliphatic heterocycles. The SMILES string of the molecule is COCCC(=O)OC(C)OC(=O)N(c1ccc(C(=O)c2ccc(Cl)cc2C)c(Cl)c1)c1ccc(F)cc1C. The molecule has 38 heavy (non-hydrogen) atoms. The van der Waals surface area contributed by atoms with Gasteiger partial charge >= 0.3 is 12.1 Å². The molecule has 1 amide bonds. The van der Waals surface area contributed by atoms with Crippen molar-refractivity contribution < 1.29 is 33.0 Å². The third-order valence-electron chi connectivity index (χ3n) is 5.55. The van der Waals surface area contributed by atoms with E-state index in [1.165, 1.54) is 50.4 Å². The molecule has 10 heteroatoms. The standard InChI is InChI=1S/C28H26Cl2FNO6/c1-16-13-19(29)5-8-22(16)27(34)23-9-7-21(15-24(23)30)32(25-10-6-20(31)14-17(25)2)28(35)38-18(3)37-26(33)11-12-36-4/h5-10,13-15,18H,11-12H2,1-4H3. The van der Waals surface area contributed by atoms with Crippen molar-refractivity contribution in [2.45, 2.75) is 33.5 Å². The maximum atomic E-state index is 13.8. The van der Waals surface area contributed by atoms with Gasteiger partial charge in [0.05, 0.1) is 29.4 Å². The van der Waals surface area contributed by atoms with Gasteiger partial charge in [0, 0.05) is 30.2 Å². The summed E-state index contributed by atoms with van der Waals surface area (Å²) < 4.78 is 29.1. The van der Waals surface area contributed by atoms with Crippen LogP contribution < -0.4 is 4.90 Å². The van der Waals surface area contributed by atoms with Gasteiger partial charge in [-0.05, 0) is 79.6 Å². The highest BCUT2D eigenvalue weighted by Gasteiger charge is 2.26. The fourth-order valence-corrected chi connectivity index (χ4v) is 4.20. The molecule has 1 atom stereocenters. The molecule has 3 rings (SSSR count). The predicted octanol–water partition coefficient (Wildman–Crippen LogP) is 7.18. The van der Waals surface area contributed by atoms with Crippen LogP contribution in [-0.2, 0) is 19.0 Å². The fraction of sp³-hybridized carbons (Fsp3) is 0.250. The average molecular weight is 562 g/mol. The Labute approximate surface area is 230 Å². The highest BCUT2D eigenvalue weighted by atomic mass is 35.5. The maximum absolute atomic E-state index is 13.8. The number of nitrogens with zero attached hydrogens (tertiary/aromatic N) is 1. The minimum Gasteiger partial charge on any atom is -0.425 e. The van der Waals surface area contributed by atoms with E-state index in [-0.39, 0.29) is 35.1 Å². The number of rotatable bonds is 9. The maximum Gasteiger partial charge on any atom is 0.422 e. The summed E-state index contributed by atoms with van der Waals surface area (Å²) in [6.07, 6.45) is -2.15.